The van der Waals surface area contributed by atoms with Gasteiger partial charge in [-0.25, -0.2) is 9.50 Å². The zero-order valence-electron chi connectivity index (χ0n) is 10.9. The molecule has 4 aromatic rings. The van der Waals surface area contributed by atoms with Gasteiger partial charge >= 0.3 is 0 Å². The normalized spacial score (nSPS) is 11.0. The van der Waals surface area contributed by atoms with Crippen molar-refractivity contribution >= 4 is 32.8 Å². The van der Waals surface area contributed by atoms with Gasteiger partial charge in [0.1, 0.15) is 0 Å². The second-order valence-corrected chi connectivity index (χ2v) is 6.22. The first-order chi connectivity index (χ1) is 10.4. The zero-order chi connectivity index (χ0) is 14.1. The fourth-order valence-corrected chi connectivity index (χ4v) is 3.43. The second-order valence-electron chi connectivity index (χ2n) is 4.48. The maximum Gasteiger partial charge on any atom is 0.214 e. The van der Waals surface area contributed by atoms with Crippen LogP contribution in [0.25, 0.3) is 16.2 Å². The minimum Gasteiger partial charge on any atom is -0.356 e. The minimum atomic E-state index is 0.733. The Kier molecular flexibility index (Phi) is 3.13. The number of aromatic nitrogens is 4. The van der Waals surface area contributed by atoms with E-state index in [1.807, 2.05) is 22.8 Å². The van der Waals surface area contributed by atoms with Crippen molar-refractivity contribution in [2.24, 2.45) is 0 Å². The Morgan fingerprint density at radius 1 is 1.19 bits per heavy atom. The molecule has 0 saturated carbocycles. The van der Waals surface area contributed by atoms with Gasteiger partial charge < -0.3 is 5.32 Å². The number of imidazole rings is 1. The van der Waals surface area contributed by atoms with Crippen LogP contribution in [0.15, 0.2) is 47.5 Å². The van der Waals surface area contributed by atoms with Gasteiger partial charge in [-0.3, -0.25) is 4.98 Å². The van der Waals surface area contributed by atoms with E-state index in [0.717, 1.165) is 27.9 Å². The van der Waals surface area contributed by atoms with Crippen molar-refractivity contribution < 1.29 is 0 Å². The van der Waals surface area contributed by atoms with Gasteiger partial charge in [0.2, 0.25) is 10.1 Å². The highest BCUT2D eigenvalue weighted by Gasteiger charge is 2.09. The third kappa shape index (κ3) is 2.53. The molecule has 0 spiro atoms. The highest BCUT2D eigenvalue weighted by molar-refractivity contribution is 7.20. The minimum absolute atomic E-state index is 0.733. The number of nitrogens with zero attached hydrogens (tertiary/aromatic N) is 4. The van der Waals surface area contributed by atoms with Gasteiger partial charge in [0.15, 0.2) is 0 Å². The maximum absolute atomic E-state index is 4.61. The summed E-state index contributed by atoms with van der Waals surface area (Å²) in [5, 5.41) is 12.8. The Morgan fingerprint density at radius 3 is 2.86 bits per heavy atom. The van der Waals surface area contributed by atoms with E-state index in [9.17, 15) is 0 Å². The lowest BCUT2D eigenvalue weighted by atomic mass is 10.3. The molecule has 4 aromatic heterocycles. The lowest BCUT2D eigenvalue weighted by molar-refractivity contribution is 0.961. The maximum atomic E-state index is 4.61. The van der Waals surface area contributed by atoms with Crippen LogP contribution in [0.1, 0.15) is 5.56 Å². The molecule has 1 N–H and O–H groups in total. The van der Waals surface area contributed by atoms with Gasteiger partial charge in [0.05, 0.1) is 11.9 Å². The average molecular weight is 313 g/mol. The number of anilines is 1. The van der Waals surface area contributed by atoms with E-state index < -0.39 is 0 Å². The number of thiophene rings is 1. The van der Waals surface area contributed by atoms with Crippen LogP contribution in [0.5, 0.6) is 0 Å². The molecule has 0 aliphatic rings. The first kappa shape index (κ1) is 12.5. The van der Waals surface area contributed by atoms with Crippen LogP contribution in [-0.4, -0.2) is 19.6 Å². The lowest BCUT2D eigenvalue weighted by Crippen LogP contribution is -1.99. The SMILES string of the molecule is c1cc(CNc2nn3cc(-c4ccsc4)nc3s2)ccn1. The number of pyridine rings is 1. The van der Waals surface area contributed by atoms with Crippen LogP contribution in [0.3, 0.4) is 0 Å². The molecule has 0 aromatic carbocycles. The molecule has 5 nitrogen and oxygen atoms in total. The zero-order valence-corrected chi connectivity index (χ0v) is 12.6. The molecule has 0 radical (unpaired) electrons. The monoisotopic (exact) mass is 313 g/mol. The molecule has 4 heterocycles. The third-order valence-electron chi connectivity index (χ3n) is 3.05. The summed E-state index contributed by atoms with van der Waals surface area (Å²) >= 11 is 3.22. The molecule has 0 aliphatic heterocycles. The van der Waals surface area contributed by atoms with Crippen molar-refractivity contribution in [3.63, 3.8) is 0 Å². The van der Waals surface area contributed by atoms with Crippen LogP contribution in [0.4, 0.5) is 5.13 Å². The Balaban J connectivity index is 1.54. The molecule has 0 fully saturated rings. The Bertz CT molecular complexity index is 817. The molecule has 0 unspecified atom stereocenters. The first-order valence-electron chi connectivity index (χ1n) is 6.40. The number of nitrogens with one attached hydrogen (secondary N) is 1. The van der Waals surface area contributed by atoms with Crippen molar-refractivity contribution in [3.05, 3.63) is 53.1 Å². The molecule has 0 bridgehead atoms. The van der Waals surface area contributed by atoms with E-state index >= 15 is 0 Å². The summed E-state index contributed by atoms with van der Waals surface area (Å²) in [5.41, 5.74) is 3.29. The number of rotatable bonds is 4. The lowest BCUT2D eigenvalue weighted by Gasteiger charge is -2.00. The standard InChI is InChI=1S/C14H11N5S2/c1-4-15-5-2-10(1)7-16-13-18-19-8-12(17-14(19)21-13)11-3-6-20-9-11/h1-6,8-9H,7H2,(H,16,18). The van der Waals surface area contributed by atoms with Crippen LogP contribution in [-0.2, 0) is 6.54 Å². The molecule has 0 aliphatic carbocycles. The van der Waals surface area contributed by atoms with Crippen LogP contribution >= 0.6 is 22.7 Å². The predicted molar refractivity (Wildman–Crippen MR) is 85.7 cm³/mol. The van der Waals surface area contributed by atoms with E-state index in [2.05, 4.69) is 37.2 Å². The van der Waals surface area contributed by atoms with Crippen molar-refractivity contribution in [1.29, 1.82) is 0 Å². The van der Waals surface area contributed by atoms with Crippen molar-refractivity contribution in [2.75, 3.05) is 5.32 Å². The molecule has 7 heteroatoms. The molecule has 4 rings (SSSR count). The number of fused-ring (bicyclic) bond motifs is 1. The Hall–Kier alpha value is -2.25. The Morgan fingerprint density at radius 2 is 2.10 bits per heavy atom. The van der Waals surface area contributed by atoms with E-state index in [4.69, 9.17) is 0 Å². The molecule has 0 amide bonds. The summed E-state index contributed by atoms with van der Waals surface area (Å²) in [6.07, 6.45) is 5.54. The molecular formula is C14H11N5S2. The fourth-order valence-electron chi connectivity index (χ4n) is 2.00. The fraction of sp³-hybridized carbons (Fsp3) is 0.0714. The van der Waals surface area contributed by atoms with Gasteiger partial charge in [-0.05, 0) is 29.1 Å². The molecule has 21 heavy (non-hydrogen) atoms. The number of hydrogen-bond donors (Lipinski definition) is 1. The van der Waals surface area contributed by atoms with Gasteiger partial charge in [0.25, 0.3) is 0 Å². The summed E-state index contributed by atoms with van der Waals surface area (Å²) in [4.78, 5) is 9.51. The van der Waals surface area contributed by atoms with Crippen molar-refractivity contribution in [1.82, 2.24) is 19.6 Å². The Labute approximate surface area is 128 Å². The van der Waals surface area contributed by atoms with E-state index in [0.29, 0.717) is 0 Å². The van der Waals surface area contributed by atoms with Crippen molar-refractivity contribution in [3.8, 4) is 11.3 Å². The van der Waals surface area contributed by atoms with Crippen LogP contribution in [0, 0.1) is 0 Å². The highest BCUT2D eigenvalue weighted by Crippen LogP contribution is 2.25. The summed E-state index contributed by atoms with van der Waals surface area (Å²) in [6.45, 7) is 0.733. The van der Waals surface area contributed by atoms with Gasteiger partial charge in [-0.15, -0.1) is 5.10 Å². The summed E-state index contributed by atoms with van der Waals surface area (Å²) in [6, 6.07) is 6.04. The van der Waals surface area contributed by atoms with Crippen LogP contribution < -0.4 is 5.32 Å². The molecule has 104 valence electrons. The molecule has 0 atom stereocenters. The second kappa shape index (κ2) is 5.27. The molecule has 0 saturated heterocycles. The van der Waals surface area contributed by atoms with Crippen molar-refractivity contribution in [2.45, 2.75) is 6.54 Å². The average Bonchev–Trinajstić information content (AvgIpc) is 3.21. The van der Waals surface area contributed by atoms with E-state index in [1.165, 1.54) is 5.56 Å². The summed E-state index contributed by atoms with van der Waals surface area (Å²) in [5.74, 6) is 0. The molecular weight excluding hydrogens is 302 g/mol. The summed E-state index contributed by atoms with van der Waals surface area (Å²) < 4.78 is 1.83. The first-order valence-corrected chi connectivity index (χ1v) is 8.16. The highest BCUT2D eigenvalue weighted by atomic mass is 32.1. The third-order valence-corrected chi connectivity index (χ3v) is 4.62. The van der Waals surface area contributed by atoms with E-state index in [1.54, 1.807) is 35.1 Å². The van der Waals surface area contributed by atoms with Gasteiger partial charge in [-0.1, -0.05) is 11.3 Å². The van der Waals surface area contributed by atoms with Gasteiger partial charge in [0, 0.05) is 29.9 Å². The van der Waals surface area contributed by atoms with E-state index in [-0.39, 0.29) is 0 Å². The quantitative estimate of drug-likeness (QED) is 0.626. The summed E-state index contributed by atoms with van der Waals surface area (Å²) in [7, 11) is 0. The smallest absolute Gasteiger partial charge is 0.214 e. The van der Waals surface area contributed by atoms with Crippen LogP contribution in [0.2, 0.25) is 0 Å². The largest absolute Gasteiger partial charge is 0.356 e. The number of hydrogen-bond acceptors (Lipinski definition) is 6. The van der Waals surface area contributed by atoms with Gasteiger partial charge in [-0.2, -0.15) is 11.3 Å². The predicted octanol–water partition coefficient (Wildman–Crippen LogP) is 3.53. The topological polar surface area (TPSA) is 55.1 Å².